The van der Waals surface area contributed by atoms with Gasteiger partial charge in [-0.25, -0.2) is 4.34 Å². The van der Waals surface area contributed by atoms with Crippen LogP contribution in [0.1, 0.15) is 11.1 Å². The quantitative estimate of drug-likeness (QED) is 0.164. The minimum atomic E-state index is -2.16. The predicted octanol–water partition coefficient (Wildman–Crippen LogP) is 9.29. The number of hydrogen-bond acceptors (Lipinski definition) is 0. The number of aryl methyl sites for hydroxylation is 4. The van der Waals surface area contributed by atoms with Crippen molar-refractivity contribution in [3.8, 4) is 11.6 Å². The monoisotopic (exact) mass is 669 g/mol. The van der Waals surface area contributed by atoms with Crippen molar-refractivity contribution in [2.75, 3.05) is 6.66 Å². The lowest BCUT2D eigenvalue weighted by atomic mass is 10.2. The van der Waals surface area contributed by atoms with E-state index in [1.165, 1.54) is 77.2 Å². The summed E-state index contributed by atoms with van der Waals surface area (Å²) in [7, 11) is 2.16. The van der Waals surface area contributed by atoms with Crippen LogP contribution in [0.2, 0.25) is 0 Å². The Morgan fingerprint density at radius 3 is 1.80 bits per heavy atom. The molecular formula is C43H38N6P+. The van der Waals surface area contributed by atoms with Crippen molar-refractivity contribution in [2.45, 2.75) is 13.8 Å². The molecule has 0 atom stereocenters. The highest BCUT2D eigenvalue weighted by Gasteiger charge is 2.44. The molecule has 7 heteroatoms. The van der Waals surface area contributed by atoms with Crippen molar-refractivity contribution >= 4 is 67.7 Å². The minimum Gasteiger partial charge on any atom is -0.337 e. The van der Waals surface area contributed by atoms with Crippen LogP contribution in [-0.2, 0) is 14.1 Å². The van der Waals surface area contributed by atoms with Gasteiger partial charge in [0.1, 0.15) is 33.4 Å². The number of imidazole rings is 1. The maximum atomic E-state index is 2.72. The van der Waals surface area contributed by atoms with Crippen molar-refractivity contribution in [2.24, 2.45) is 14.1 Å². The first-order valence-corrected chi connectivity index (χ1v) is 19.4. The molecule has 6 nitrogen and oxygen atoms in total. The molecule has 6 heterocycles. The highest BCUT2D eigenvalue weighted by atomic mass is 31.2. The normalized spacial score (nSPS) is 12.5. The molecule has 244 valence electrons. The van der Waals surface area contributed by atoms with Crippen LogP contribution >= 0.6 is 7.41 Å². The highest BCUT2D eigenvalue weighted by Crippen LogP contribution is 2.59. The Bertz CT molecular complexity index is 2880. The van der Waals surface area contributed by atoms with Crippen molar-refractivity contribution in [3.63, 3.8) is 0 Å². The second kappa shape index (κ2) is 10.4. The van der Waals surface area contributed by atoms with Gasteiger partial charge in [-0.1, -0.05) is 66.7 Å². The van der Waals surface area contributed by atoms with Crippen LogP contribution in [-0.4, -0.2) is 33.7 Å². The topological polar surface area (TPSA) is 29.1 Å². The summed E-state index contributed by atoms with van der Waals surface area (Å²) in [6.45, 7) is 7.11. The van der Waals surface area contributed by atoms with E-state index in [0.29, 0.717) is 0 Å². The fourth-order valence-electron chi connectivity index (χ4n) is 8.80. The van der Waals surface area contributed by atoms with Gasteiger partial charge >= 0.3 is 0 Å². The molecule has 6 aromatic heterocycles. The van der Waals surface area contributed by atoms with Gasteiger partial charge in [-0.2, -0.15) is 0 Å². The smallest absolute Gasteiger partial charge is 0.173 e. The van der Waals surface area contributed by atoms with Crippen molar-refractivity contribution in [1.29, 1.82) is 0 Å². The number of para-hydroxylation sites is 3. The number of fused-ring (bicyclic) bond motifs is 8. The van der Waals surface area contributed by atoms with Gasteiger partial charge in [0.25, 0.3) is 0 Å². The molecule has 0 saturated carbocycles. The van der Waals surface area contributed by atoms with Crippen LogP contribution in [0.5, 0.6) is 0 Å². The van der Waals surface area contributed by atoms with Crippen LogP contribution in [0.25, 0.3) is 61.3 Å². The average Bonchev–Trinajstić information content (AvgIpc) is 3.99. The maximum absolute atomic E-state index is 2.72. The zero-order chi connectivity index (χ0) is 33.9. The molecule has 10 aromatic rings. The standard InChI is InChI=1S/C43H38N6P/c1-29-39-37(26-28-46(39)38-25-16-27-44(38)3)45(4)42(29)48-36-24-15-14-23-35(36)47-41-33-21-12-13-22-34(33)49(40(41)30(2)43(47)48)50(5,31-17-8-6-9-18-31)32-19-10-7-11-20-32/h6-28H,1-5H3/q+1. The molecule has 0 aliphatic carbocycles. The number of rotatable bonds is 5. The van der Waals surface area contributed by atoms with E-state index in [2.05, 4.69) is 201 Å². The van der Waals surface area contributed by atoms with Gasteiger partial charge in [0.2, 0.25) is 0 Å². The zero-order valence-electron chi connectivity index (χ0n) is 28.9. The lowest BCUT2D eigenvalue weighted by Crippen LogP contribution is -2.26. The summed E-state index contributed by atoms with van der Waals surface area (Å²) in [4.78, 5) is 0. The Labute approximate surface area is 291 Å². The van der Waals surface area contributed by atoms with Crippen LogP contribution in [0.3, 0.4) is 0 Å². The maximum Gasteiger partial charge on any atom is 0.173 e. The molecule has 0 aliphatic heterocycles. The van der Waals surface area contributed by atoms with Gasteiger partial charge < -0.3 is 13.7 Å². The Balaban J connectivity index is 1.39. The third kappa shape index (κ3) is 3.61. The molecule has 0 N–H and O–H groups in total. The van der Waals surface area contributed by atoms with Crippen LogP contribution in [0, 0.1) is 13.8 Å². The van der Waals surface area contributed by atoms with Gasteiger partial charge in [-0.15, -0.1) is 0 Å². The molecule has 0 fully saturated rings. The van der Waals surface area contributed by atoms with E-state index in [0.717, 1.165) is 5.82 Å². The summed E-state index contributed by atoms with van der Waals surface area (Å²) in [6, 6.07) is 46.8. The largest absolute Gasteiger partial charge is 0.337 e. The molecule has 0 spiro atoms. The lowest BCUT2D eigenvalue weighted by molar-refractivity contribution is 0.858. The van der Waals surface area contributed by atoms with E-state index in [9.17, 15) is 0 Å². The summed E-state index contributed by atoms with van der Waals surface area (Å²) in [5.41, 5.74) is 12.4. The molecule has 50 heavy (non-hydrogen) atoms. The molecule has 0 unspecified atom stereocenters. The number of nitrogens with zero attached hydrogens (tertiary/aromatic N) is 6. The van der Waals surface area contributed by atoms with Gasteiger partial charge in [0.15, 0.2) is 7.41 Å². The Hall–Kier alpha value is -5.71. The molecule has 0 bridgehead atoms. The van der Waals surface area contributed by atoms with Crippen LogP contribution in [0.4, 0.5) is 0 Å². The molecule has 0 saturated heterocycles. The summed E-state index contributed by atoms with van der Waals surface area (Å²) < 4.78 is 14.7. The third-order valence-corrected chi connectivity index (χ3v) is 14.9. The molecule has 0 aliphatic rings. The van der Waals surface area contributed by atoms with E-state index in [4.69, 9.17) is 0 Å². The van der Waals surface area contributed by atoms with E-state index in [1.54, 1.807) is 0 Å². The second-order valence-electron chi connectivity index (χ2n) is 13.7. The molecule has 4 aromatic carbocycles. The predicted molar refractivity (Wildman–Crippen MR) is 212 cm³/mol. The van der Waals surface area contributed by atoms with Gasteiger partial charge in [-0.05, 0) is 74.5 Å². The van der Waals surface area contributed by atoms with E-state index in [-0.39, 0.29) is 0 Å². The van der Waals surface area contributed by atoms with Gasteiger partial charge in [-0.3, -0.25) is 8.97 Å². The average molecular weight is 670 g/mol. The first-order chi connectivity index (χ1) is 24.4. The van der Waals surface area contributed by atoms with E-state index < -0.39 is 7.41 Å². The molecule has 0 amide bonds. The summed E-state index contributed by atoms with van der Waals surface area (Å²) in [5, 5.41) is 3.99. The third-order valence-electron chi connectivity index (χ3n) is 11.1. The molecule has 0 radical (unpaired) electrons. The van der Waals surface area contributed by atoms with E-state index in [1.807, 2.05) is 0 Å². The van der Waals surface area contributed by atoms with Crippen LogP contribution < -0.4 is 10.6 Å². The summed E-state index contributed by atoms with van der Waals surface area (Å²) >= 11 is 0. The highest BCUT2D eigenvalue weighted by molar-refractivity contribution is 7.88. The summed E-state index contributed by atoms with van der Waals surface area (Å²) in [5.74, 6) is 2.34. The van der Waals surface area contributed by atoms with Crippen molar-refractivity contribution in [3.05, 3.63) is 151 Å². The number of hydrogen-bond donors (Lipinski definition) is 0. The van der Waals surface area contributed by atoms with Crippen LogP contribution in [0.15, 0.2) is 140 Å². The fraction of sp³-hybridized carbons (Fsp3) is 0.116. The van der Waals surface area contributed by atoms with Crippen molar-refractivity contribution in [1.82, 2.24) is 27.0 Å². The Morgan fingerprint density at radius 2 is 1.14 bits per heavy atom. The van der Waals surface area contributed by atoms with Gasteiger partial charge in [0, 0.05) is 43.0 Å². The van der Waals surface area contributed by atoms with Crippen molar-refractivity contribution < 1.29 is 0 Å². The Kier molecular flexibility index (Phi) is 6.08. The van der Waals surface area contributed by atoms with Gasteiger partial charge in [0.05, 0.1) is 39.8 Å². The first-order valence-electron chi connectivity index (χ1n) is 17.2. The van der Waals surface area contributed by atoms with E-state index >= 15 is 0 Å². The molecule has 10 rings (SSSR count). The first kappa shape index (κ1) is 29.2. The minimum absolute atomic E-state index is 1.15. The zero-order valence-corrected chi connectivity index (χ0v) is 29.8. The SMILES string of the molecule is Cc1c(-n2c3ccccc3n3c4c5ccccc5n([P+](C)(c5ccccc5)c5ccccc5)c4c(C)c23)n(C)c2ccn(-c3cccn3C)c12. The number of benzene rings is 4. The number of aromatic nitrogens is 6. The summed E-state index contributed by atoms with van der Waals surface area (Å²) in [6.07, 6.45) is 4.31. The second-order valence-corrected chi connectivity index (χ2v) is 17.0. The Morgan fingerprint density at radius 1 is 0.520 bits per heavy atom. The molecular weight excluding hydrogens is 631 g/mol. The fourth-order valence-corrected chi connectivity index (χ4v) is 12.3. The lowest BCUT2D eigenvalue weighted by Gasteiger charge is -2.26.